The summed E-state index contributed by atoms with van der Waals surface area (Å²) in [7, 11) is 3.85. The Hall–Kier alpha value is -0.890. The van der Waals surface area contributed by atoms with Crippen molar-refractivity contribution in [3.63, 3.8) is 0 Å². The summed E-state index contributed by atoms with van der Waals surface area (Å²) in [6, 6.07) is -0.0114. The van der Waals surface area contributed by atoms with E-state index in [2.05, 4.69) is 25.2 Å². The van der Waals surface area contributed by atoms with Crippen LogP contribution in [0.5, 0.6) is 0 Å². The number of nitrogens with zero attached hydrogens (tertiary/aromatic N) is 1. The molecule has 2 heteroatoms. The van der Waals surface area contributed by atoms with Crippen LogP contribution in [0.25, 0.3) is 0 Å². The van der Waals surface area contributed by atoms with Crippen molar-refractivity contribution in [3.05, 3.63) is 23.8 Å². The number of hydrogen-bond donors (Lipinski definition) is 0. The van der Waals surface area contributed by atoms with E-state index in [1.54, 1.807) is 0 Å². The number of carbonyl (C=O) groups excluding carboxylic acids is 1. The van der Waals surface area contributed by atoms with Gasteiger partial charge in [-0.3, -0.25) is 4.90 Å². The number of hydrogen-bond acceptors (Lipinski definition) is 2. The Kier molecular flexibility index (Phi) is 7.03. The molecule has 0 aromatic rings. The van der Waals surface area contributed by atoms with E-state index >= 15 is 0 Å². The number of rotatable bonds is 6. The lowest BCUT2D eigenvalue weighted by Gasteiger charge is -2.18. The SMILES string of the molecule is C/C=C(\C=C/CC)C[C@@H](C=O)N(C)C. The monoisotopic (exact) mass is 195 g/mol. The average Bonchev–Trinajstić information content (AvgIpc) is 2.18. The van der Waals surface area contributed by atoms with Gasteiger partial charge < -0.3 is 4.79 Å². The Labute approximate surface area is 87.3 Å². The summed E-state index contributed by atoms with van der Waals surface area (Å²) in [6.07, 6.45) is 9.11. The van der Waals surface area contributed by atoms with Gasteiger partial charge in [-0.15, -0.1) is 0 Å². The smallest absolute Gasteiger partial charge is 0.137 e. The number of aldehydes is 1. The van der Waals surface area contributed by atoms with Gasteiger partial charge in [0.25, 0.3) is 0 Å². The number of likely N-dealkylation sites (N-methyl/N-ethyl adjacent to an activating group) is 1. The third kappa shape index (κ3) is 4.97. The highest BCUT2D eigenvalue weighted by molar-refractivity contribution is 5.58. The number of carbonyl (C=O) groups is 1. The van der Waals surface area contributed by atoms with Crippen molar-refractivity contribution in [2.45, 2.75) is 32.7 Å². The summed E-state index contributed by atoms with van der Waals surface area (Å²) in [4.78, 5) is 12.7. The van der Waals surface area contributed by atoms with Crippen molar-refractivity contribution in [2.75, 3.05) is 14.1 Å². The van der Waals surface area contributed by atoms with E-state index < -0.39 is 0 Å². The first-order valence-corrected chi connectivity index (χ1v) is 5.09. The molecule has 80 valence electrons. The summed E-state index contributed by atoms with van der Waals surface area (Å²) in [6.45, 7) is 4.11. The second-order valence-corrected chi connectivity index (χ2v) is 3.55. The third-order valence-electron chi connectivity index (χ3n) is 2.20. The minimum absolute atomic E-state index is 0.0114. The van der Waals surface area contributed by atoms with Crippen molar-refractivity contribution >= 4 is 6.29 Å². The molecule has 0 rings (SSSR count). The fourth-order valence-corrected chi connectivity index (χ4v) is 1.15. The molecule has 0 fully saturated rings. The molecular weight excluding hydrogens is 174 g/mol. The summed E-state index contributed by atoms with van der Waals surface area (Å²) >= 11 is 0. The van der Waals surface area contributed by atoms with Crippen molar-refractivity contribution in [2.24, 2.45) is 0 Å². The molecule has 0 unspecified atom stereocenters. The Balaban J connectivity index is 4.30. The Morgan fingerprint density at radius 1 is 1.43 bits per heavy atom. The first-order chi connectivity index (χ1) is 6.65. The zero-order valence-corrected chi connectivity index (χ0v) is 9.66. The van der Waals surface area contributed by atoms with Gasteiger partial charge in [-0.05, 0) is 33.9 Å². The van der Waals surface area contributed by atoms with Gasteiger partial charge in [0.05, 0.1) is 6.04 Å². The van der Waals surface area contributed by atoms with Gasteiger partial charge in [0.15, 0.2) is 0 Å². The molecule has 0 aliphatic heterocycles. The molecule has 0 saturated heterocycles. The van der Waals surface area contributed by atoms with E-state index in [-0.39, 0.29) is 6.04 Å². The van der Waals surface area contributed by atoms with E-state index in [1.165, 1.54) is 5.57 Å². The van der Waals surface area contributed by atoms with Crippen LogP contribution in [0.3, 0.4) is 0 Å². The molecule has 0 bridgehead atoms. The molecule has 0 saturated carbocycles. The lowest BCUT2D eigenvalue weighted by atomic mass is 10.1. The first kappa shape index (κ1) is 13.1. The minimum atomic E-state index is -0.0114. The van der Waals surface area contributed by atoms with E-state index in [9.17, 15) is 4.79 Å². The topological polar surface area (TPSA) is 20.3 Å². The van der Waals surface area contributed by atoms with E-state index in [0.29, 0.717) is 0 Å². The second-order valence-electron chi connectivity index (χ2n) is 3.55. The molecule has 0 heterocycles. The Bertz CT molecular complexity index is 216. The van der Waals surface area contributed by atoms with Gasteiger partial charge in [0.1, 0.15) is 6.29 Å². The van der Waals surface area contributed by atoms with Crippen molar-refractivity contribution < 1.29 is 4.79 Å². The molecule has 0 aliphatic rings. The van der Waals surface area contributed by atoms with Gasteiger partial charge in [-0.25, -0.2) is 0 Å². The zero-order valence-electron chi connectivity index (χ0n) is 9.66. The van der Waals surface area contributed by atoms with Crippen LogP contribution < -0.4 is 0 Å². The van der Waals surface area contributed by atoms with Crippen LogP contribution in [-0.4, -0.2) is 31.3 Å². The van der Waals surface area contributed by atoms with E-state index in [4.69, 9.17) is 0 Å². The van der Waals surface area contributed by atoms with Crippen LogP contribution in [0.15, 0.2) is 23.8 Å². The molecule has 1 atom stereocenters. The highest BCUT2D eigenvalue weighted by atomic mass is 16.1. The maximum atomic E-state index is 10.8. The normalized spacial score (nSPS) is 15.1. The first-order valence-electron chi connectivity index (χ1n) is 5.09. The molecule has 0 N–H and O–H groups in total. The maximum absolute atomic E-state index is 10.8. The van der Waals surface area contributed by atoms with Crippen molar-refractivity contribution in [1.82, 2.24) is 4.90 Å². The average molecular weight is 195 g/mol. The lowest BCUT2D eigenvalue weighted by Crippen LogP contribution is -2.29. The van der Waals surface area contributed by atoms with Gasteiger partial charge in [0.2, 0.25) is 0 Å². The standard InChI is InChI=1S/C12H21NO/c1-5-7-8-11(6-2)9-12(10-14)13(3)4/h6-8,10,12H,5,9H2,1-4H3/b8-7-,11-6+/t12-/m0/s1. The van der Waals surface area contributed by atoms with Gasteiger partial charge in [0, 0.05) is 0 Å². The van der Waals surface area contributed by atoms with Crippen LogP contribution >= 0.6 is 0 Å². The number of allylic oxidation sites excluding steroid dienone is 3. The molecule has 14 heavy (non-hydrogen) atoms. The quantitative estimate of drug-likeness (QED) is 0.479. The van der Waals surface area contributed by atoms with Crippen LogP contribution in [0, 0.1) is 0 Å². The molecule has 0 amide bonds. The van der Waals surface area contributed by atoms with Crippen molar-refractivity contribution in [1.29, 1.82) is 0 Å². The minimum Gasteiger partial charge on any atom is -0.302 e. The molecule has 0 aromatic heterocycles. The van der Waals surface area contributed by atoms with Gasteiger partial charge in [-0.1, -0.05) is 30.7 Å². The second kappa shape index (κ2) is 7.51. The van der Waals surface area contributed by atoms with Crippen LogP contribution in [-0.2, 0) is 4.79 Å². The third-order valence-corrected chi connectivity index (χ3v) is 2.20. The fraction of sp³-hybridized carbons (Fsp3) is 0.583. The largest absolute Gasteiger partial charge is 0.302 e. The molecule has 0 aliphatic carbocycles. The van der Waals surface area contributed by atoms with Crippen molar-refractivity contribution in [3.8, 4) is 0 Å². The summed E-state index contributed by atoms with van der Waals surface area (Å²) in [5.41, 5.74) is 1.22. The molecular formula is C12H21NO. The van der Waals surface area contributed by atoms with Gasteiger partial charge >= 0.3 is 0 Å². The molecule has 0 spiro atoms. The van der Waals surface area contributed by atoms with Crippen LogP contribution in [0.4, 0.5) is 0 Å². The predicted octanol–water partition coefficient (Wildman–Crippen LogP) is 2.42. The summed E-state index contributed by atoms with van der Waals surface area (Å²) in [5, 5.41) is 0. The fourth-order valence-electron chi connectivity index (χ4n) is 1.15. The van der Waals surface area contributed by atoms with Crippen LogP contribution in [0.1, 0.15) is 26.7 Å². The molecule has 0 radical (unpaired) electrons. The maximum Gasteiger partial charge on any atom is 0.137 e. The summed E-state index contributed by atoms with van der Waals surface area (Å²) < 4.78 is 0. The van der Waals surface area contributed by atoms with Crippen LogP contribution in [0.2, 0.25) is 0 Å². The Morgan fingerprint density at radius 2 is 2.07 bits per heavy atom. The highest BCUT2D eigenvalue weighted by Crippen LogP contribution is 2.09. The molecule has 2 nitrogen and oxygen atoms in total. The predicted molar refractivity (Wildman–Crippen MR) is 61.3 cm³/mol. The van der Waals surface area contributed by atoms with E-state index in [1.807, 2.05) is 25.9 Å². The molecule has 0 aromatic carbocycles. The highest BCUT2D eigenvalue weighted by Gasteiger charge is 2.10. The Morgan fingerprint density at radius 3 is 2.43 bits per heavy atom. The zero-order chi connectivity index (χ0) is 11.0. The van der Waals surface area contributed by atoms with Gasteiger partial charge in [-0.2, -0.15) is 0 Å². The summed E-state index contributed by atoms with van der Waals surface area (Å²) in [5.74, 6) is 0. The lowest BCUT2D eigenvalue weighted by molar-refractivity contribution is -0.111. The van der Waals surface area contributed by atoms with E-state index in [0.717, 1.165) is 19.1 Å².